The molecule has 5 heteroatoms. The first-order valence-corrected chi connectivity index (χ1v) is 5.85. The highest BCUT2D eigenvalue weighted by atomic mass is 35.5. The first-order chi connectivity index (χ1) is 7.18. The van der Waals surface area contributed by atoms with Crippen LogP contribution in [0.25, 0.3) is 0 Å². The molecule has 1 aliphatic carbocycles. The number of halogens is 1. The topological polar surface area (TPSA) is 61.4 Å². The van der Waals surface area contributed by atoms with Gasteiger partial charge in [-0.15, -0.1) is 12.4 Å². The predicted molar refractivity (Wildman–Crippen MR) is 64.6 cm³/mol. The lowest BCUT2D eigenvalue weighted by Crippen LogP contribution is -2.38. The average molecular weight is 249 g/mol. The summed E-state index contributed by atoms with van der Waals surface area (Å²) in [7, 11) is 0. The number of rotatable bonds is 4. The molecule has 3 N–H and O–H groups in total. The highest BCUT2D eigenvalue weighted by molar-refractivity contribution is 5.85. The Bertz CT molecular complexity index is 256. The van der Waals surface area contributed by atoms with Crippen molar-refractivity contribution in [2.45, 2.75) is 32.3 Å². The van der Waals surface area contributed by atoms with Gasteiger partial charge in [-0.1, -0.05) is 6.92 Å². The van der Waals surface area contributed by atoms with E-state index in [4.69, 9.17) is 0 Å². The molecule has 1 saturated carbocycles. The van der Waals surface area contributed by atoms with Crippen LogP contribution in [0.1, 0.15) is 26.2 Å². The van der Waals surface area contributed by atoms with Crippen molar-refractivity contribution in [1.29, 1.82) is 0 Å². The Balaban J connectivity index is 0.00000128. The third kappa shape index (κ3) is 2.67. The van der Waals surface area contributed by atoms with Gasteiger partial charge in [-0.05, 0) is 19.3 Å². The van der Waals surface area contributed by atoms with Crippen molar-refractivity contribution in [1.82, 2.24) is 10.6 Å². The largest absolute Gasteiger partial charge is 0.391 e. The predicted octanol–water partition coefficient (Wildman–Crippen LogP) is 0.295. The maximum absolute atomic E-state index is 11.8. The maximum Gasteiger partial charge on any atom is 0.226 e. The van der Waals surface area contributed by atoms with Gasteiger partial charge in [-0.2, -0.15) is 0 Å². The van der Waals surface area contributed by atoms with Crippen molar-refractivity contribution in [2.75, 3.05) is 19.6 Å². The summed E-state index contributed by atoms with van der Waals surface area (Å²) >= 11 is 0. The second-order valence-electron chi connectivity index (χ2n) is 4.83. The molecule has 2 atom stereocenters. The Morgan fingerprint density at radius 1 is 1.50 bits per heavy atom. The van der Waals surface area contributed by atoms with E-state index in [1.165, 1.54) is 0 Å². The van der Waals surface area contributed by atoms with Crippen LogP contribution in [-0.2, 0) is 4.79 Å². The molecule has 4 nitrogen and oxygen atoms in total. The van der Waals surface area contributed by atoms with Crippen LogP contribution in [-0.4, -0.2) is 36.8 Å². The Morgan fingerprint density at radius 2 is 2.19 bits per heavy atom. The standard InChI is InChI=1S/C11H20N2O2.ClH/c1-2-11(3-4-11)10(15)13-6-8-5-12-7-9(8)14;/h8-9,12,14H,2-7H2,1H3,(H,13,15);1H. The summed E-state index contributed by atoms with van der Waals surface area (Å²) in [6.45, 7) is 4.13. The maximum atomic E-state index is 11.8. The second kappa shape index (κ2) is 5.34. The molecular formula is C11H21ClN2O2. The summed E-state index contributed by atoms with van der Waals surface area (Å²) in [6.07, 6.45) is 2.69. The van der Waals surface area contributed by atoms with E-state index in [-0.39, 0.29) is 35.8 Å². The smallest absolute Gasteiger partial charge is 0.226 e. The van der Waals surface area contributed by atoms with Crippen LogP contribution in [0.4, 0.5) is 0 Å². The van der Waals surface area contributed by atoms with Crippen LogP contribution < -0.4 is 10.6 Å². The molecule has 2 aliphatic rings. The van der Waals surface area contributed by atoms with E-state index in [0.29, 0.717) is 13.1 Å². The monoisotopic (exact) mass is 248 g/mol. The van der Waals surface area contributed by atoms with E-state index in [1.54, 1.807) is 0 Å². The van der Waals surface area contributed by atoms with Crippen LogP contribution in [0.15, 0.2) is 0 Å². The number of amides is 1. The number of nitrogens with one attached hydrogen (secondary N) is 2. The van der Waals surface area contributed by atoms with E-state index in [0.717, 1.165) is 25.8 Å². The van der Waals surface area contributed by atoms with Gasteiger partial charge in [-0.3, -0.25) is 4.79 Å². The number of hydrogen-bond donors (Lipinski definition) is 3. The number of carbonyl (C=O) groups excluding carboxylic acids is 1. The van der Waals surface area contributed by atoms with Gasteiger partial charge >= 0.3 is 0 Å². The minimum Gasteiger partial charge on any atom is -0.391 e. The van der Waals surface area contributed by atoms with Gasteiger partial charge in [0.2, 0.25) is 5.91 Å². The van der Waals surface area contributed by atoms with Crippen molar-refractivity contribution in [3.05, 3.63) is 0 Å². The molecule has 94 valence electrons. The van der Waals surface area contributed by atoms with Gasteiger partial charge in [0.15, 0.2) is 0 Å². The zero-order valence-electron chi connectivity index (χ0n) is 9.66. The minimum atomic E-state index is -0.304. The summed E-state index contributed by atoms with van der Waals surface area (Å²) in [6, 6.07) is 0. The quantitative estimate of drug-likeness (QED) is 0.671. The summed E-state index contributed by atoms with van der Waals surface area (Å²) in [5.41, 5.74) is -0.0585. The molecule has 1 heterocycles. The zero-order valence-corrected chi connectivity index (χ0v) is 10.5. The Hall–Kier alpha value is -0.320. The summed E-state index contributed by atoms with van der Waals surface area (Å²) in [5, 5.41) is 15.6. The molecule has 1 amide bonds. The number of hydrogen-bond acceptors (Lipinski definition) is 3. The van der Waals surface area contributed by atoms with Crippen molar-refractivity contribution in [3.63, 3.8) is 0 Å². The van der Waals surface area contributed by atoms with Gasteiger partial charge in [0, 0.05) is 31.0 Å². The van der Waals surface area contributed by atoms with E-state index in [1.807, 2.05) is 0 Å². The molecule has 0 radical (unpaired) electrons. The van der Waals surface area contributed by atoms with Crippen molar-refractivity contribution in [3.8, 4) is 0 Å². The van der Waals surface area contributed by atoms with E-state index < -0.39 is 0 Å². The van der Waals surface area contributed by atoms with Gasteiger partial charge in [0.25, 0.3) is 0 Å². The highest BCUT2D eigenvalue weighted by Gasteiger charge is 2.47. The van der Waals surface area contributed by atoms with E-state index in [9.17, 15) is 9.90 Å². The normalized spacial score (nSPS) is 30.6. The molecule has 2 rings (SSSR count). The second-order valence-corrected chi connectivity index (χ2v) is 4.83. The van der Waals surface area contributed by atoms with Gasteiger partial charge in [0.1, 0.15) is 0 Å². The molecule has 2 fully saturated rings. The van der Waals surface area contributed by atoms with Crippen LogP contribution >= 0.6 is 12.4 Å². The van der Waals surface area contributed by atoms with Crippen LogP contribution in [0.2, 0.25) is 0 Å². The van der Waals surface area contributed by atoms with Gasteiger partial charge in [0.05, 0.1) is 6.10 Å². The fourth-order valence-corrected chi connectivity index (χ4v) is 2.23. The number of β-amino-alcohol motifs (C(OH)–C–C–N with tert-alkyl or cyclic N) is 1. The van der Waals surface area contributed by atoms with E-state index >= 15 is 0 Å². The van der Waals surface area contributed by atoms with Crippen LogP contribution in [0.5, 0.6) is 0 Å². The summed E-state index contributed by atoms with van der Waals surface area (Å²) in [5.74, 6) is 0.366. The van der Waals surface area contributed by atoms with Crippen molar-refractivity contribution >= 4 is 18.3 Å². The molecule has 1 saturated heterocycles. The van der Waals surface area contributed by atoms with E-state index in [2.05, 4.69) is 17.6 Å². The Morgan fingerprint density at radius 3 is 2.62 bits per heavy atom. The number of aliphatic hydroxyl groups excluding tert-OH is 1. The summed E-state index contributed by atoms with van der Waals surface area (Å²) in [4.78, 5) is 11.8. The molecule has 0 aromatic heterocycles. The zero-order chi connectivity index (χ0) is 10.9. The lowest BCUT2D eigenvalue weighted by molar-refractivity contribution is -0.126. The molecule has 0 aromatic carbocycles. The third-order valence-corrected chi connectivity index (χ3v) is 3.84. The molecule has 2 unspecified atom stereocenters. The van der Waals surface area contributed by atoms with Crippen molar-refractivity contribution < 1.29 is 9.90 Å². The third-order valence-electron chi connectivity index (χ3n) is 3.84. The lowest BCUT2D eigenvalue weighted by Gasteiger charge is -2.17. The Kier molecular flexibility index (Phi) is 4.59. The van der Waals surface area contributed by atoms with Gasteiger partial charge in [-0.25, -0.2) is 0 Å². The summed E-state index contributed by atoms with van der Waals surface area (Å²) < 4.78 is 0. The Labute approximate surface area is 103 Å². The molecule has 0 bridgehead atoms. The number of aliphatic hydroxyl groups is 1. The fourth-order valence-electron chi connectivity index (χ4n) is 2.23. The highest BCUT2D eigenvalue weighted by Crippen LogP contribution is 2.48. The number of carbonyl (C=O) groups is 1. The molecule has 0 aromatic rings. The molecule has 1 aliphatic heterocycles. The van der Waals surface area contributed by atoms with Crippen LogP contribution in [0, 0.1) is 11.3 Å². The fraction of sp³-hybridized carbons (Fsp3) is 0.909. The van der Waals surface area contributed by atoms with Gasteiger partial charge < -0.3 is 15.7 Å². The first-order valence-electron chi connectivity index (χ1n) is 5.85. The lowest BCUT2D eigenvalue weighted by atomic mass is 10.0. The molecule has 16 heavy (non-hydrogen) atoms. The van der Waals surface area contributed by atoms with Crippen LogP contribution in [0.3, 0.4) is 0 Å². The molecular weight excluding hydrogens is 228 g/mol. The molecule has 0 spiro atoms. The first kappa shape index (κ1) is 13.7. The SMILES string of the molecule is CCC1(C(=O)NCC2CNCC2O)CC1.Cl. The van der Waals surface area contributed by atoms with Crippen molar-refractivity contribution in [2.24, 2.45) is 11.3 Å². The minimum absolute atomic E-state index is 0. The average Bonchev–Trinajstić information content (AvgIpc) is 2.94.